The van der Waals surface area contributed by atoms with Crippen LogP contribution in [-0.2, 0) is 4.74 Å². The lowest BCUT2D eigenvalue weighted by atomic mass is 10.2. The van der Waals surface area contributed by atoms with Gasteiger partial charge in [-0.25, -0.2) is 24.7 Å². The van der Waals surface area contributed by atoms with E-state index in [1.165, 1.54) is 11.8 Å². The molecular formula is C25H27ClN8O2S. The third-order valence-electron chi connectivity index (χ3n) is 6.28. The first kappa shape index (κ1) is 24.2. The van der Waals surface area contributed by atoms with Crippen LogP contribution in [0.2, 0.25) is 5.02 Å². The second kappa shape index (κ2) is 9.29. The predicted octanol–water partition coefficient (Wildman–Crippen LogP) is 5.08. The molecule has 2 aliphatic rings. The van der Waals surface area contributed by atoms with E-state index in [2.05, 4.69) is 30.2 Å². The molecule has 37 heavy (non-hydrogen) atoms. The number of alkyl carbamates (subject to hydrolysis) is 1. The summed E-state index contributed by atoms with van der Waals surface area (Å²) >= 11 is 8.30. The number of pyridine rings is 1. The Morgan fingerprint density at radius 2 is 2.00 bits per heavy atom. The molecule has 1 amide bonds. The number of aromatic nitrogens is 6. The van der Waals surface area contributed by atoms with E-state index < -0.39 is 11.7 Å². The monoisotopic (exact) mass is 538 g/mol. The summed E-state index contributed by atoms with van der Waals surface area (Å²) in [6.07, 6.45) is 7.62. The molecule has 192 valence electrons. The lowest BCUT2D eigenvalue weighted by Gasteiger charge is -2.22. The number of anilines is 1. The average Bonchev–Trinajstić information content (AvgIpc) is 3.49. The number of carbonyl (C=O) groups is 1. The van der Waals surface area contributed by atoms with Gasteiger partial charge in [-0.3, -0.25) is 4.98 Å². The number of aromatic amines is 1. The van der Waals surface area contributed by atoms with Gasteiger partial charge in [-0.15, -0.1) is 0 Å². The van der Waals surface area contributed by atoms with Gasteiger partial charge in [0.25, 0.3) is 0 Å². The summed E-state index contributed by atoms with van der Waals surface area (Å²) in [5, 5.41) is 5.09. The molecule has 2 fully saturated rings. The summed E-state index contributed by atoms with van der Waals surface area (Å²) in [6, 6.07) is 1.88. The molecule has 1 aliphatic carbocycles. The van der Waals surface area contributed by atoms with Crippen molar-refractivity contribution in [1.29, 1.82) is 0 Å². The molecular weight excluding hydrogens is 512 g/mol. The highest BCUT2D eigenvalue weighted by molar-refractivity contribution is 7.99. The van der Waals surface area contributed by atoms with Crippen LogP contribution in [0.15, 0.2) is 34.7 Å². The molecule has 5 heterocycles. The summed E-state index contributed by atoms with van der Waals surface area (Å²) in [6.45, 7) is 6.89. The summed E-state index contributed by atoms with van der Waals surface area (Å²) < 4.78 is 5.44. The molecule has 10 nitrogen and oxygen atoms in total. The van der Waals surface area contributed by atoms with Gasteiger partial charge in [0, 0.05) is 48.2 Å². The highest BCUT2D eigenvalue weighted by atomic mass is 35.5. The van der Waals surface area contributed by atoms with Gasteiger partial charge in [-0.2, -0.15) is 0 Å². The van der Waals surface area contributed by atoms with Crippen LogP contribution in [0.4, 0.5) is 10.6 Å². The van der Waals surface area contributed by atoms with E-state index in [1.54, 1.807) is 18.6 Å². The maximum absolute atomic E-state index is 12.3. The first-order valence-corrected chi connectivity index (χ1v) is 13.5. The van der Waals surface area contributed by atoms with Crippen molar-refractivity contribution in [3.8, 4) is 0 Å². The van der Waals surface area contributed by atoms with Crippen molar-refractivity contribution < 1.29 is 9.53 Å². The molecule has 1 aliphatic heterocycles. The van der Waals surface area contributed by atoms with E-state index in [0.29, 0.717) is 33.8 Å². The van der Waals surface area contributed by atoms with Gasteiger partial charge in [-0.05, 0) is 57.9 Å². The Balaban J connectivity index is 1.31. The fraction of sp³-hybridized carbons (Fsp3) is 0.440. The average molecular weight is 539 g/mol. The lowest BCUT2D eigenvalue weighted by molar-refractivity contribution is 0.0509. The number of fused-ring (bicyclic) bond motifs is 2. The number of hydrogen-bond donors (Lipinski definition) is 2. The van der Waals surface area contributed by atoms with Crippen LogP contribution in [0, 0.1) is 0 Å². The first-order valence-electron chi connectivity index (χ1n) is 12.3. The smallest absolute Gasteiger partial charge is 0.407 e. The molecule has 1 saturated carbocycles. The predicted molar refractivity (Wildman–Crippen MR) is 142 cm³/mol. The molecule has 0 aromatic carbocycles. The maximum Gasteiger partial charge on any atom is 0.407 e. The van der Waals surface area contributed by atoms with Crippen LogP contribution in [0.25, 0.3) is 22.2 Å². The number of carbonyl (C=O) groups excluding carboxylic acids is 1. The molecule has 0 spiro atoms. The molecule has 1 saturated heterocycles. The van der Waals surface area contributed by atoms with Crippen molar-refractivity contribution in [3.05, 3.63) is 35.4 Å². The number of amides is 1. The summed E-state index contributed by atoms with van der Waals surface area (Å²) in [5.41, 5.74) is 2.50. The molecule has 4 aromatic rings. The highest BCUT2D eigenvalue weighted by Gasteiger charge is 2.33. The highest BCUT2D eigenvalue weighted by Crippen LogP contribution is 2.47. The minimum Gasteiger partial charge on any atom is -0.444 e. The topological polar surface area (TPSA) is 122 Å². The van der Waals surface area contributed by atoms with Gasteiger partial charge in [-0.1, -0.05) is 11.6 Å². The van der Waals surface area contributed by atoms with Crippen LogP contribution in [0.5, 0.6) is 0 Å². The van der Waals surface area contributed by atoms with Gasteiger partial charge in [0.2, 0.25) is 0 Å². The van der Waals surface area contributed by atoms with Crippen molar-refractivity contribution in [2.45, 2.75) is 67.6 Å². The second-order valence-electron chi connectivity index (χ2n) is 10.4. The number of H-pyrrole nitrogens is 1. The molecule has 4 aromatic heterocycles. The third kappa shape index (κ3) is 5.15. The molecule has 12 heteroatoms. The largest absolute Gasteiger partial charge is 0.444 e. The molecule has 2 N–H and O–H groups in total. The molecule has 6 rings (SSSR count). The van der Waals surface area contributed by atoms with Gasteiger partial charge in [0.1, 0.15) is 22.6 Å². The normalized spacial score (nSPS) is 18.1. The first-order chi connectivity index (χ1) is 17.7. The quantitative estimate of drug-likeness (QED) is 0.335. The summed E-state index contributed by atoms with van der Waals surface area (Å²) in [4.78, 5) is 41.6. The zero-order chi connectivity index (χ0) is 25.7. The Hall–Kier alpha value is -3.18. The van der Waals surface area contributed by atoms with E-state index in [0.717, 1.165) is 53.2 Å². The van der Waals surface area contributed by atoms with Crippen LogP contribution < -0.4 is 10.2 Å². The zero-order valence-electron chi connectivity index (χ0n) is 20.8. The minimum atomic E-state index is -0.547. The van der Waals surface area contributed by atoms with E-state index in [1.807, 2.05) is 26.8 Å². The lowest BCUT2D eigenvalue weighted by Crippen LogP contribution is -2.40. The van der Waals surface area contributed by atoms with Crippen molar-refractivity contribution in [1.82, 2.24) is 35.2 Å². The van der Waals surface area contributed by atoms with E-state index >= 15 is 0 Å². The Morgan fingerprint density at radius 1 is 1.19 bits per heavy atom. The summed E-state index contributed by atoms with van der Waals surface area (Å²) in [7, 11) is 0. The van der Waals surface area contributed by atoms with Gasteiger partial charge in [0.15, 0.2) is 10.8 Å². The Morgan fingerprint density at radius 3 is 2.78 bits per heavy atom. The Labute approximate surface area is 223 Å². The molecule has 0 bridgehead atoms. The molecule has 1 unspecified atom stereocenters. The van der Waals surface area contributed by atoms with Crippen molar-refractivity contribution >= 4 is 57.5 Å². The number of nitrogens with one attached hydrogen (secondary N) is 2. The van der Waals surface area contributed by atoms with E-state index in [4.69, 9.17) is 26.3 Å². The Bertz CT molecular complexity index is 1500. The van der Waals surface area contributed by atoms with Crippen LogP contribution in [-0.4, -0.2) is 60.7 Å². The van der Waals surface area contributed by atoms with E-state index in [9.17, 15) is 4.79 Å². The second-order valence-corrected chi connectivity index (χ2v) is 11.8. The molecule has 1 atom stereocenters. The third-order valence-corrected chi connectivity index (χ3v) is 7.50. The zero-order valence-corrected chi connectivity index (χ0v) is 22.4. The van der Waals surface area contributed by atoms with Gasteiger partial charge < -0.3 is 19.9 Å². The van der Waals surface area contributed by atoms with Crippen molar-refractivity contribution in [2.24, 2.45) is 0 Å². The number of hydrogen-bond acceptors (Lipinski definition) is 9. The van der Waals surface area contributed by atoms with E-state index in [-0.39, 0.29) is 6.04 Å². The van der Waals surface area contributed by atoms with Gasteiger partial charge >= 0.3 is 6.09 Å². The Kier molecular flexibility index (Phi) is 6.07. The van der Waals surface area contributed by atoms with Crippen LogP contribution >= 0.6 is 23.4 Å². The number of ether oxygens (including phenoxy) is 1. The molecule has 0 radical (unpaired) electrons. The minimum absolute atomic E-state index is 0.0557. The maximum atomic E-state index is 12.3. The van der Waals surface area contributed by atoms with Crippen molar-refractivity contribution in [2.75, 3.05) is 18.0 Å². The number of halogens is 1. The fourth-order valence-corrected chi connectivity index (χ4v) is 5.64. The number of rotatable bonds is 5. The standard InChI is InChI=1S/C25H27ClN8O2S/c1-25(2,3)36-24(35)30-14-6-9-34(12-14)22-17-18(26)19(13-4-5-13)31-21(17)32-23(33-22)37-15-10-16-20(29-11-15)28-8-7-27-16/h7-8,10-11,13-14H,4-6,9,12H2,1-3H3,(H,30,35)(H,31,32,33). The fourth-order valence-electron chi connectivity index (χ4n) is 4.51. The number of nitrogens with zero attached hydrogens (tertiary/aromatic N) is 6. The summed E-state index contributed by atoms with van der Waals surface area (Å²) in [5.74, 6) is 1.21. The van der Waals surface area contributed by atoms with Crippen LogP contribution in [0.1, 0.15) is 51.6 Å². The van der Waals surface area contributed by atoms with Crippen LogP contribution in [0.3, 0.4) is 0 Å². The van der Waals surface area contributed by atoms with Crippen molar-refractivity contribution in [3.63, 3.8) is 0 Å². The van der Waals surface area contributed by atoms with Gasteiger partial charge in [0.05, 0.1) is 16.5 Å². The SMILES string of the molecule is CC(C)(C)OC(=O)NC1CCN(c2nc(Sc3cnc4nccnc4c3)nc3[nH]c(C4CC4)c(Cl)c23)C1.